The molecule has 186 valence electrons. The fraction of sp³-hybridized carbons (Fsp3) is 0.192. The summed E-state index contributed by atoms with van der Waals surface area (Å²) < 4.78 is 13.0. The highest BCUT2D eigenvalue weighted by Crippen LogP contribution is 2.36. The summed E-state index contributed by atoms with van der Waals surface area (Å²) >= 11 is 0. The van der Waals surface area contributed by atoms with Crippen LogP contribution >= 0.6 is 0 Å². The highest BCUT2D eigenvalue weighted by molar-refractivity contribution is 6.24. The van der Waals surface area contributed by atoms with Gasteiger partial charge in [0.2, 0.25) is 5.88 Å². The topological polar surface area (TPSA) is 128 Å². The van der Waals surface area contributed by atoms with Gasteiger partial charge in [0.05, 0.1) is 30.2 Å². The van der Waals surface area contributed by atoms with Gasteiger partial charge in [-0.2, -0.15) is 5.10 Å². The fourth-order valence-electron chi connectivity index (χ4n) is 4.84. The van der Waals surface area contributed by atoms with Gasteiger partial charge in [0, 0.05) is 24.2 Å². The third kappa shape index (κ3) is 3.80. The molecule has 1 spiro atoms. The zero-order chi connectivity index (χ0) is 25.6. The van der Waals surface area contributed by atoms with Gasteiger partial charge >= 0.3 is 6.03 Å². The Morgan fingerprint density at radius 2 is 1.65 bits per heavy atom. The summed E-state index contributed by atoms with van der Waals surface area (Å²) in [7, 11) is 1.63. The summed E-state index contributed by atoms with van der Waals surface area (Å²) in [6, 6.07) is 15.8. The second kappa shape index (κ2) is 8.63. The lowest BCUT2D eigenvalue weighted by atomic mass is 9.92. The number of nitrogens with one attached hydrogen (secondary N) is 2. The van der Waals surface area contributed by atoms with Gasteiger partial charge in [0.1, 0.15) is 11.5 Å². The summed E-state index contributed by atoms with van der Waals surface area (Å²) in [6.45, 7) is 0.478. The van der Waals surface area contributed by atoms with E-state index in [1.54, 1.807) is 35.0 Å². The predicted molar refractivity (Wildman–Crippen MR) is 133 cm³/mol. The van der Waals surface area contributed by atoms with Gasteiger partial charge in [-0.25, -0.2) is 14.5 Å². The highest BCUT2D eigenvalue weighted by atomic mass is 16.5. The van der Waals surface area contributed by atoms with Crippen LogP contribution in [-0.2, 0) is 9.59 Å². The Labute approximate surface area is 211 Å². The van der Waals surface area contributed by atoms with E-state index in [9.17, 15) is 14.4 Å². The van der Waals surface area contributed by atoms with Crippen molar-refractivity contribution in [1.82, 2.24) is 25.4 Å². The first-order valence-corrected chi connectivity index (χ1v) is 11.7. The van der Waals surface area contributed by atoms with Crippen molar-refractivity contribution >= 4 is 34.4 Å². The van der Waals surface area contributed by atoms with E-state index >= 15 is 0 Å². The SMILES string of the molecule is COc1ccc(-n2cc3cc(Oc4ccc(N5CCCC56C(=O)NC(=O)NC6=O)cn4)ccc3n2)cc1. The number of fused-ring (bicyclic) bond motifs is 1. The Hall–Kier alpha value is -4.93. The molecule has 2 aromatic heterocycles. The van der Waals surface area contributed by atoms with Gasteiger partial charge < -0.3 is 14.4 Å². The van der Waals surface area contributed by atoms with E-state index in [-0.39, 0.29) is 0 Å². The number of hydrogen-bond acceptors (Lipinski definition) is 8. The van der Waals surface area contributed by atoms with Crippen LogP contribution in [0.25, 0.3) is 16.6 Å². The van der Waals surface area contributed by atoms with Crippen molar-refractivity contribution in [1.29, 1.82) is 0 Å². The van der Waals surface area contributed by atoms with Crippen LogP contribution < -0.4 is 25.0 Å². The summed E-state index contributed by atoms with van der Waals surface area (Å²) in [5, 5.41) is 9.93. The molecule has 2 fully saturated rings. The molecule has 4 amide bonds. The van der Waals surface area contributed by atoms with Crippen molar-refractivity contribution in [2.75, 3.05) is 18.6 Å². The maximum Gasteiger partial charge on any atom is 0.328 e. The summed E-state index contributed by atoms with van der Waals surface area (Å²) in [4.78, 5) is 42.9. The van der Waals surface area contributed by atoms with Crippen molar-refractivity contribution in [3.8, 4) is 23.1 Å². The molecule has 6 rings (SSSR count). The first kappa shape index (κ1) is 22.5. The van der Waals surface area contributed by atoms with Crippen LogP contribution in [0.2, 0.25) is 0 Å². The molecule has 0 bridgehead atoms. The average molecular weight is 498 g/mol. The van der Waals surface area contributed by atoms with Crippen LogP contribution in [0.4, 0.5) is 10.5 Å². The van der Waals surface area contributed by atoms with Crippen molar-refractivity contribution in [2.24, 2.45) is 0 Å². The predicted octanol–water partition coefficient (Wildman–Crippen LogP) is 2.93. The number of anilines is 1. The van der Waals surface area contributed by atoms with E-state index in [1.807, 2.05) is 48.7 Å². The normalized spacial score (nSPS) is 16.7. The number of barbiturate groups is 1. The van der Waals surface area contributed by atoms with Crippen LogP contribution in [0.5, 0.6) is 17.4 Å². The zero-order valence-electron chi connectivity index (χ0n) is 19.8. The number of imide groups is 2. The summed E-state index contributed by atoms with van der Waals surface area (Å²) in [5.74, 6) is 0.468. The van der Waals surface area contributed by atoms with Crippen LogP contribution in [-0.4, -0.2) is 51.8 Å². The molecule has 0 aliphatic carbocycles. The molecule has 2 aliphatic heterocycles. The van der Waals surface area contributed by atoms with Crippen molar-refractivity contribution in [3.05, 3.63) is 67.0 Å². The number of carbonyl (C=O) groups is 3. The molecule has 0 radical (unpaired) electrons. The van der Waals surface area contributed by atoms with Crippen molar-refractivity contribution in [2.45, 2.75) is 18.4 Å². The first-order valence-electron chi connectivity index (χ1n) is 11.7. The van der Waals surface area contributed by atoms with E-state index < -0.39 is 23.4 Å². The van der Waals surface area contributed by atoms with Crippen molar-refractivity contribution in [3.63, 3.8) is 0 Å². The number of pyridine rings is 1. The van der Waals surface area contributed by atoms with Gasteiger partial charge in [-0.15, -0.1) is 0 Å². The van der Waals surface area contributed by atoms with Gasteiger partial charge in [-0.3, -0.25) is 20.2 Å². The van der Waals surface area contributed by atoms with E-state index in [0.717, 1.165) is 22.3 Å². The lowest BCUT2D eigenvalue weighted by Crippen LogP contribution is -2.71. The number of methoxy groups -OCH3 is 1. The Balaban J connectivity index is 1.21. The maximum absolute atomic E-state index is 12.7. The average Bonchev–Trinajstić information content (AvgIpc) is 3.53. The van der Waals surface area contributed by atoms with Gasteiger partial charge in [0.15, 0.2) is 5.54 Å². The molecular formula is C26H22N6O5. The van der Waals surface area contributed by atoms with E-state index in [4.69, 9.17) is 9.47 Å². The molecule has 2 aromatic carbocycles. The molecule has 11 nitrogen and oxygen atoms in total. The molecule has 4 heterocycles. The molecule has 2 saturated heterocycles. The Bertz CT molecular complexity index is 1510. The monoisotopic (exact) mass is 498 g/mol. The number of amides is 4. The van der Waals surface area contributed by atoms with E-state index in [0.29, 0.717) is 36.7 Å². The molecule has 37 heavy (non-hydrogen) atoms. The molecule has 0 atom stereocenters. The van der Waals surface area contributed by atoms with E-state index in [1.165, 1.54) is 0 Å². The molecule has 0 unspecified atom stereocenters. The molecule has 2 aliphatic rings. The second-order valence-corrected chi connectivity index (χ2v) is 8.80. The number of hydrogen-bond donors (Lipinski definition) is 2. The van der Waals surface area contributed by atoms with Crippen LogP contribution in [0.1, 0.15) is 12.8 Å². The quantitative estimate of drug-likeness (QED) is 0.402. The Morgan fingerprint density at radius 3 is 2.35 bits per heavy atom. The minimum Gasteiger partial charge on any atom is -0.497 e. The standard InChI is InChI=1S/C26H22N6O5/c1-36-19-6-3-17(4-7-19)32-15-16-13-20(8-9-21(16)30-32)37-22-10-5-18(14-27-22)31-12-2-11-26(31)23(33)28-25(35)29-24(26)34/h3-10,13-15H,2,11-12H2,1H3,(H2,28,29,33,34,35). The van der Waals surface area contributed by atoms with E-state index in [2.05, 4.69) is 20.7 Å². The maximum atomic E-state index is 12.7. The first-order chi connectivity index (χ1) is 18.0. The van der Waals surface area contributed by atoms with Crippen molar-refractivity contribution < 1.29 is 23.9 Å². The Kier molecular flexibility index (Phi) is 5.25. The molecule has 11 heteroatoms. The lowest BCUT2D eigenvalue weighted by molar-refractivity contribution is -0.137. The third-order valence-electron chi connectivity index (χ3n) is 6.65. The number of carbonyl (C=O) groups excluding carboxylic acids is 3. The largest absolute Gasteiger partial charge is 0.497 e. The minimum absolute atomic E-state index is 0.306. The van der Waals surface area contributed by atoms with Crippen LogP contribution in [0.15, 0.2) is 67.0 Å². The second-order valence-electron chi connectivity index (χ2n) is 8.80. The minimum atomic E-state index is -1.47. The van der Waals surface area contributed by atoms with Crippen LogP contribution in [0.3, 0.4) is 0 Å². The van der Waals surface area contributed by atoms with Gasteiger partial charge in [0.25, 0.3) is 11.8 Å². The smallest absolute Gasteiger partial charge is 0.328 e. The zero-order valence-corrected chi connectivity index (χ0v) is 19.8. The molecular weight excluding hydrogens is 476 g/mol. The highest BCUT2D eigenvalue weighted by Gasteiger charge is 2.57. The number of rotatable bonds is 5. The number of benzene rings is 2. The summed E-state index contributed by atoms with van der Waals surface area (Å²) in [6.07, 6.45) is 4.40. The number of aromatic nitrogens is 3. The molecule has 2 N–H and O–H groups in total. The number of ether oxygens (including phenoxy) is 2. The fourth-order valence-corrected chi connectivity index (χ4v) is 4.84. The number of nitrogens with zero attached hydrogens (tertiary/aromatic N) is 4. The summed E-state index contributed by atoms with van der Waals surface area (Å²) in [5.41, 5.74) is 0.836. The van der Waals surface area contributed by atoms with Gasteiger partial charge in [-0.1, -0.05) is 0 Å². The van der Waals surface area contributed by atoms with Gasteiger partial charge in [-0.05, 0) is 61.4 Å². The number of urea groups is 1. The lowest BCUT2D eigenvalue weighted by Gasteiger charge is -2.38. The molecule has 4 aromatic rings. The van der Waals surface area contributed by atoms with Crippen LogP contribution in [0, 0.1) is 0 Å². The molecule has 0 saturated carbocycles. The third-order valence-corrected chi connectivity index (χ3v) is 6.65. The Morgan fingerprint density at radius 1 is 0.919 bits per heavy atom.